The number of aliphatic hydroxyl groups is 2. The number of fused-ring (bicyclic) bond motifs is 1. The normalized spacial score (nSPS) is 17.9. The average molecular weight is 578 g/mol. The molecular weight excluding hydrogens is 546 g/mol. The molecule has 0 unspecified atom stereocenters. The van der Waals surface area contributed by atoms with E-state index in [-0.39, 0.29) is 35.7 Å². The van der Waals surface area contributed by atoms with Crippen molar-refractivity contribution in [3.05, 3.63) is 48.0 Å². The lowest BCUT2D eigenvalue weighted by molar-refractivity contribution is -0.110. The van der Waals surface area contributed by atoms with Crippen LogP contribution in [0.25, 0.3) is 10.2 Å². The number of amides is 1. The zero-order chi connectivity index (χ0) is 27.8. The van der Waals surface area contributed by atoms with Gasteiger partial charge in [0.2, 0.25) is 0 Å². The third-order valence-corrected chi connectivity index (χ3v) is 8.80. The number of ether oxygens (including phenoxy) is 2. The smallest absolute Gasteiger partial charge is 0.280 e. The lowest BCUT2D eigenvalue weighted by Gasteiger charge is -2.11. The van der Waals surface area contributed by atoms with Crippen LogP contribution in [0, 0.1) is 0 Å². The van der Waals surface area contributed by atoms with E-state index >= 15 is 0 Å². The Hall–Kier alpha value is -3.10. The highest BCUT2D eigenvalue weighted by Crippen LogP contribution is 2.29. The summed E-state index contributed by atoms with van der Waals surface area (Å²) < 4.78 is 36.4. The highest BCUT2D eigenvalue weighted by molar-refractivity contribution is 7.91. The van der Waals surface area contributed by atoms with Gasteiger partial charge < -0.3 is 24.5 Å². The number of benzene rings is 2. The number of hydrogen-bond donors (Lipinski definition) is 3. The highest BCUT2D eigenvalue weighted by Gasteiger charge is 2.26. The number of oxime groups is 1. The number of sulfone groups is 1. The minimum Gasteiger partial charge on any atom is -0.491 e. The number of aromatic nitrogens is 1. The van der Waals surface area contributed by atoms with Gasteiger partial charge >= 0.3 is 0 Å². The number of hydrogen-bond acceptors (Lipinski definition) is 11. The van der Waals surface area contributed by atoms with E-state index in [9.17, 15) is 18.3 Å². The molecule has 4 rings (SSSR count). The van der Waals surface area contributed by atoms with Gasteiger partial charge in [-0.3, -0.25) is 10.1 Å². The molecule has 1 amide bonds. The molecule has 0 spiro atoms. The number of rotatable bonds is 13. The van der Waals surface area contributed by atoms with E-state index in [4.69, 9.17) is 19.4 Å². The predicted octanol–water partition coefficient (Wildman–Crippen LogP) is 2.75. The lowest BCUT2D eigenvalue weighted by Crippen LogP contribution is -2.25. The largest absolute Gasteiger partial charge is 0.491 e. The molecule has 1 aliphatic carbocycles. The first-order chi connectivity index (χ1) is 18.8. The summed E-state index contributed by atoms with van der Waals surface area (Å²) in [5.41, 5.74) is 0.970. The minimum absolute atomic E-state index is 0.0501. The van der Waals surface area contributed by atoms with Gasteiger partial charge in [0.05, 0.1) is 33.6 Å². The van der Waals surface area contributed by atoms with E-state index in [0.717, 1.165) is 4.70 Å². The van der Waals surface area contributed by atoms with Crippen molar-refractivity contribution in [2.45, 2.75) is 42.8 Å². The maximum atomic E-state index is 13.3. The summed E-state index contributed by atoms with van der Waals surface area (Å²) in [7, 11) is -2.00. The fraction of sp³-hybridized carbons (Fsp3) is 0.423. The Balaban J connectivity index is 1.55. The number of thiazole rings is 1. The van der Waals surface area contributed by atoms with Gasteiger partial charge in [0.15, 0.2) is 20.7 Å². The van der Waals surface area contributed by atoms with Crippen molar-refractivity contribution in [2.75, 3.05) is 38.0 Å². The van der Waals surface area contributed by atoms with E-state index in [2.05, 4.69) is 15.5 Å². The molecule has 1 aliphatic rings. The molecule has 2 atom stereocenters. The number of anilines is 1. The van der Waals surface area contributed by atoms with Gasteiger partial charge in [0.1, 0.15) is 18.5 Å². The van der Waals surface area contributed by atoms with Gasteiger partial charge in [-0.25, -0.2) is 13.4 Å². The monoisotopic (exact) mass is 577 g/mol. The third-order valence-electron chi connectivity index (χ3n) is 6.05. The molecule has 1 heterocycles. The summed E-state index contributed by atoms with van der Waals surface area (Å²) in [6.45, 7) is 0.399. The van der Waals surface area contributed by atoms with Crippen LogP contribution >= 0.6 is 11.3 Å². The zero-order valence-corrected chi connectivity index (χ0v) is 23.0. The zero-order valence-electron chi connectivity index (χ0n) is 21.4. The fourth-order valence-corrected chi connectivity index (χ4v) is 6.24. The van der Waals surface area contributed by atoms with Crippen LogP contribution in [0.5, 0.6) is 5.75 Å². The first-order valence-corrected chi connectivity index (χ1v) is 15.0. The standard InChI is InChI=1S/C26H31N3O8S2/c1-35-12-2-14-39(33,34)21-8-3-17(4-9-21)24(29-37-20-6-5-18(31)15-20)25(32)28-26-27-22-10-7-19(36-13-11-30)16-23(22)38-26/h3-4,7-10,16,18,20,30-31H,2,5-6,11-15H2,1H3,(H,27,28,32)/b29-24+/t18-,20-/m1/s1. The molecule has 0 saturated heterocycles. The predicted molar refractivity (Wildman–Crippen MR) is 147 cm³/mol. The highest BCUT2D eigenvalue weighted by atomic mass is 32.2. The van der Waals surface area contributed by atoms with Crippen molar-refractivity contribution < 1.29 is 37.7 Å². The number of nitrogens with zero attached hydrogens (tertiary/aromatic N) is 2. The molecule has 3 N–H and O–H groups in total. The molecule has 13 heteroatoms. The third kappa shape index (κ3) is 7.73. The Morgan fingerprint density at radius 2 is 1.97 bits per heavy atom. The van der Waals surface area contributed by atoms with Crippen LogP contribution in [0.15, 0.2) is 52.5 Å². The second kappa shape index (κ2) is 13.3. The summed E-state index contributed by atoms with van der Waals surface area (Å²) in [5, 5.41) is 26.0. The average Bonchev–Trinajstić information content (AvgIpc) is 3.52. The molecule has 1 saturated carbocycles. The second-order valence-electron chi connectivity index (χ2n) is 9.00. The SMILES string of the molecule is COCCCS(=O)(=O)c1ccc(/C(=N\O[C@@H]2CC[C@@H](O)C2)C(=O)Nc2nc3ccc(OCCO)cc3s2)cc1. The molecule has 39 heavy (non-hydrogen) atoms. The molecule has 210 valence electrons. The van der Waals surface area contributed by atoms with E-state index in [0.29, 0.717) is 54.3 Å². The van der Waals surface area contributed by atoms with Crippen molar-refractivity contribution in [3.8, 4) is 5.75 Å². The summed E-state index contributed by atoms with van der Waals surface area (Å²) >= 11 is 1.24. The molecule has 11 nitrogen and oxygen atoms in total. The fourth-order valence-electron chi connectivity index (χ4n) is 4.06. The van der Waals surface area contributed by atoms with E-state index in [1.807, 2.05) is 0 Å². The number of aliphatic hydroxyl groups excluding tert-OH is 2. The van der Waals surface area contributed by atoms with Crippen molar-refractivity contribution in [2.24, 2.45) is 5.16 Å². The Morgan fingerprint density at radius 3 is 2.67 bits per heavy atom. The molecule has 3 aromatic rings. The van der Waals surface area contributed by atoms with Crippen LogP contribution in [0.1, 0.15) is 31.2 Å². The Kier molecular flexibility index (Phi) is 9.86. The van der Waals surface area contributed by atoms with E-state index in [1.54, 1.807) is 18.2 Å². The molecule has 0 aliphatic heterocycles. The molecule has 0 radical (unpaired) electrons. The van der Waals surface area contributed by atoms with Gasteiger partial charge in [0.25, 0.3) is 5.91 Å². The van der Waals surface area contributed by atoms with Crippen LogP contribution in [0.2, 0.25) is 0 Å². The molecule has 0 bridgehead atoms. The topological polar surface area (TPSA) is 157 Å². The van der Waals surface area contributed by atoms with Gasteiger partial charge in [-0.05, 0) is 49.6 Å². The summed E-state index contributed by atoms with van der Waals surface area (Å²) in [4.78, 5) is 23.5. The number of methoxy groups -OCH3 is 1. The van der Waals surface area contributed by atoms with Crippen molar-refractivity contribution in [1.29, 1.82) is 0 Å². The van der Waals surface area contributed by atoms with Crippen LogP contribution < -0.4 is 10.1 Å². The van der Waals surface area contributed by atoms with Crippen LogP contribution in [0.4, 0.5) is 5.13 Å². The van der Waals surface area contributed by atoms with Crippen molar-refractivity contribution in [1.82, 2.24) is 4.98 Å². The number of nitrogens with one attached hydrogen (secondary N) is 1. The van der Waals surface area contributed by atoms with Crippen molar-refractivity contribution >= 4 is 48.1 Å². The van der Waals surface area contributed by atoms with Gasteiger partial charge in [-0.2, -0.15) is 0 Å². The maximum absolute atomic E-state index is 13.3. The lowest BCUT2D eigenvalue weighted by atomic mass is 10.1. The van der Waals surface area contributed by atoms with Crippen molar-refractivity contribution in [3.63, 3.8) is 0 Å². The van der Waals surface area contributed by atoms with E-state index < -0.39 is 21.8 Å². The van der Waals surface area contributed by atoms with Gasteiger partial charge in [-0.1, -0.05) is 28.6 Å². The number of carbonyl (C=O) groups is 1. The molecular formula is C26H31N3O8S2. The summed E-state index contributed by atoms with van der Waals surface area (Å²) in [6.07, 6.45) is 1.18. The quantitative estimate of drug-likeness (QED) is 0.158. The first-order valence-electron chi connectivity index (χ1n) is 12.5. The van der Waals surface area contributed by atoms with E-state index in [1.165, 1.54) is 42.7 Å². The number of carbonyl (C=O) groups excluding carboxylic acids is 1. The van der Waals surface area contributed by atoms with Crippen LogP contribution in [-0.4, -0.2) is 80.1 Å². The minimum atomic E-state index is -3.51. The van der Waals surface area contributed by atoms with Gasteiger partial charge in [-0.15, -0.1) is 0 Å². The molecule has 2 aromatic carbocycles. The molecule has 1 fully saturated rings. The second-order valence-corrected chi connectivity index (χ2v) is 12.1. The first kappa shape index (κ1) is 28.9. The summed E-state index contributed by atoms with van der Waals surface area (Å²) in [6, 6.07) is 11.1. The van der Waals surface area contributed by atoms with Gasteiger partial charge in [0, 0.05) is 25.7 Å². The van der Waals surface area contributed by atoms with Crippen LogP contribution in [-0.2, 0) is 24.2 Å². The Labute approximate surface area is 230 Å². The molecule has 1 aromatic heterocycles. The Morgan fingerprint density at radius 1 is 1.18 bits per heavy atom. The maximum Gasteiger partial charge on any atom is 0.280 e. The summed E-state index contributed by atoms with van der Waals surface area (Å²) in [5.74, 6) is -0.0659. The van der Waals surface area contributed by atoms with Crippen LogP contribution in [0.3, 0.4) is 0 Å². The Bertz CT molecular complexity index is 1410.